The van der Waals surface area contributed by atoms with E-state index in [-0.39, 0.29) is 31.3 Å². The van der Waals surface area contributed by atoms with Crippen molar-refractivity contribution in [2.24, 2.45) is 0 Å². The number of nitrogens with one attached hydrogen (secondary N) is 2. The Morgan fingerprint density at radius 3 is 2.73 bits per heavy atom. The zero-order valence-electron chi connectivity index (χ0n) is 8.28. The molecule has 1 heterocycles. The Kier molecular flexibility index (Phi) is 2.57. The first-order valence-corrected chi connectivity index (χ1v) is 5.04. The quantitative estimate of drug-likeness (QED) is 0.598. The van der Waals surface area contributed by atoms with Crippen molar-refractivity contribution in [3.05, 3.63) is 0 Å². The average Bonchev–Trinajstić information content (AvgIpc) is 2.93. The normalized spacial score (nSPS) is 20.4. The van der Waals surface area contributed by atoms with E-state index in [1.807, 2.05) is 0 Å². The van der Waals surface area contributed by atoms with Gasteiger partial charge in [-0.1, -0.05) is 0 Å². The predicted molar refractivity (Wildman–Crippen MR) is 50.9 cm³/mol. The molecule has 2 aliphatic rings. The molecule has 1 saturated carbocycles. The molecule has 2 N–H and O–H groups in total. The Hall–Kier alpha value is -1.59. The van der Waals surface area contributed by atoms with Gasteiger partial charge in [-0.15, -0.1) is 0 Å². The Morgan fingerprint density at radius 2 is 2.20 bits per heavy atom. The summed E-state index contributed by atoms with van der Waals surface area (Å²) in [5, 5.41) is 5.20. The largest absolute Gasteiger partial charge is 0.353 e. The van der Waals surface area contributed by atoms with Gasteiger partial charge in [-0.05, 0) is 12.8 Å². The number of carbonyl (C=O) groups excluding carboxylic acids is 3. The van der Waals surface area contributed by atoms with Crippen molar-refractivity contribution >= 4 is 17.8 Å². The van der Waals surface area contributed by atoms with Gasteiger partial charge in [0.2, 0.25) is 11.8 Å². The molecule has 4 amide bonds. The molecule has 15 heavy (non-hydrogen) atoms. The van der Waals surface area contributed by atoms with Gasteiger partial charge in [0.15, 0.2) is 0 Å². The first kappa shape index (κ1) is 9.95. The van der Waals surface area contributed by atoms with Crippen LogP contribution in [0.4, 0.5) is 4.79 Å². The topological polar surface area (TPSA) is 78.5 Å². The number of hydrogen-bond donors (Lipinski definition) is 2. The molecule has 6 heteroatoms. The molecule has 0 bridgehead atoms. The van der Waals surface area contributed by atoms with E-state index in [2.05, 4.69) is 10.6 Å². The van der Waals surface area contributed by atoms with Crippen LogP contribution in [0.3, 0.4) is 0 Å². The third-order valence-electron chi connectivity index (χ3n) is 2.44. The fourth-order valence-corrected chi connectivity index (χ4v) is 1.42. The summed E-state index contributed by atoms with van der Waals surface area (Å²) in [5.41, 5.74) is 0. The number of rotatable bonds is 4. The summed E-state index contributed by atoms with van der Waals surface area (Å²) >= 11 is 0. The van der Waals surface area contributed by atoms with Gasteiger partial charge in [0.25, 0.3) is 0 Å². The van der Waals surface area contributed by atoms with Gasteiger partial charge in [0.1, 0.15) is 0 Å². The molecule has 1 saturated heterocycles. The fourth-order valence-electron chi connectivity index (χ4n) is 1.42. The number of carbonyl (C=O) groups is 3. The van der Waals surface area contributed by atoms with Gasteiger partial charge < -0.3 is 10.6 Å². The molecule has 82 valence electrons. The average molecular weight is 211 g/mol. The molecule has 0 spiro atoms. The highest BCUT2D eigenvalue weighted by Gasteiger charge is 2.29. The van der Waals surface area contributed by atoms with Crippen molar-refractivity contribution in [3.63, 3.8) is 0 Å². The second kappa shape index (κ2) is 3.88. The minimum Gasteiger partial charge on any atom is -0.353 e. The zero-order valence-corrected chi connectivity index (χ0v) is 8.28. The second-order valence-electron chi connectivity index (χ2n) is 3.80. The lowest BCUT2D eigenvalue weighted by molar-refractivity contribution is -0.126. The molecule has 0 radical (unpaired) electrons. The van der Waals surface area contributed by atoms with Gasteiger partial charge in [0.05, 0.1) is 6.54 Å². The van der Waals surface area contributed by atoms with Crippen LogP contribution < -0.4 is 10.6 Å². The van der Waals surface area contributed by atoms with E-state index >= 15 is 0 Å². The number of amides is 4. The summed E-state index contributed by atoms with van der Waals surface area (Å²) in [6.45, 7) is 0.215. The summed E-state index contributed by atoms with van der Waals surface area (Å²) < 4.78 is 0. The smallest absolute Gasteiger partial charge is 0.324 e. The monoisotopic (exact) mass is 211 g/mol. The van der Waals surface area contributed by atoms with Crippen LogP contribution in [0.25, 0.3) is 0 Å². The van der Waals surface area contributed by atoms with Gasteiger partial charge in [-0.3, -0.25) is 14.5 Å². The molecular weight excluding hydrogens is 198 g/mol. The Bertz CT molecular complexity index is 296. The van der Waals surface area contributed by atoms with Crippen LogP contribution in [-0.4, -0.2) is 41.9 Å². The fraction of sp³-hybridized carbons (Fsp3) is 0.667. The van der Waals surface area contributed by atoms with E-state index in [1.54, 1.807) is 0 Å². The molecular formula is C9H13N3O3. The molecule has 1 aliphatic carbocycles. The highest BCUT2D eigenvalue weighted by Crippen LogP contribution is 2.18. The van der Waals surface area contributed by atoms with Crippen LogP contribution in [0.15, 0.2) is 0 Å². The van der Waals surface area contributed by atoms with Crippen molar-refractivity contribution in [1.29, 1.82) is 0 Å². The molecule has 1 aliphatic heterocycles. The summed E-state index contributed by atoms with van der Waals surface area (Å²) in [6.07, 6.45) is 2.26. The molecule has 6 nitrogen and oxygen atoms in total. The number of urea groups is 1. The highest BCUT2D eigenvalue weighted by atomic mass is 16.2. The predicted octanol–water partition coefficient (Wildman–Crippen LogP) is -0.793. The molecule has 0 aromatic heterocycles. The minimum atomic E-state index is -0.403. The number of nitrogens with zero attached hydrogens (tertiary/aromatic N) is 1. The van der Waals surface area contributed by atoms with Crippen LogP contribution in [0, 0.1) is 0 Å². The van der Waals surface area contributed by atoms with Gasteiger partial charge in [0, 0.05) is 19.0 Å². The highest BCUT2D eigenvalue weighted by molar-refractivity contribution is 6.02. The molecule has 2 rings (SSSR count). The lowest BCUT2D eigenvalue weighted by atomic mass is 10.3. The van der Waals surface area contributed by atoms with Crippen molar-refractivity contribution in [2.75, 3.05) is 13.1 Å². The molecule has 2 fully saturated rings. The van der Waals surface area contributed by atoms with Crippen molar-refractivity contribution in [2.45, 2.75) is 25.3 Å². The number of hydrogen-bond acceptors (Lipinski definition) is 3. The Labute approximate surface area is 87.0 Å². The van der Waals surface area contributed by atoms with E-state index in [1.165, 1.54) is 0 Å². The third kappa shape index (κ3) is 2.45. The van der Waals surface area contributed by atoms with Crippen LogP contribution in [0.5, 0.6) is 0 Å². The van der Waals surface area contributed by atoms with E-state index in [0.29, 0.717) is 6.04 Å². The Balaban J connectivity index is 1.73. The van der Waals surface area contributed by atoms with Gasteiger partial charge in [-0.25, -0.2) is 4.79 Å². The van der Waals surface area contributed by atoms with Crippen molar-refractivity contribution in [1.82, 2.24) is 15.5 Å². The van der Waals surface area contributed by atoms with Crippen LogP contribution in [0.2, 0.25) is 0 Å². The summed E-state index contributed by atoms with van der Waals surface area (Å²) in [7, 11) is 0. The maximum Gasteiger partial charge on any atom is 0.324 e. The minimum absolute atomic E-state index is 0.0447. The first-order valence-electron chi connectivity index (χ1n) is 5.04. The van der Waals surface area contributed by atoms with E-state index in [4.69, 9.17) is 0 Å². The molecule has 0 atom stereocenters. The Morgan fingerprint density at radius 1 is 1.47 bits per heavy atom. The maximum absolute atomic E-state index is 11.3. The summed E-state index contributed by atoms with van der Waals surface area (Å²) in [5.74, 6) is -0.357. The lowest BCUT2D eigenvalue weighted by Gasteiger charge is -2.11. The summed E-state index contributed by atoms with van der Waals surface area (Å²) in [6, 6.07) is -0.0835. The standard InChI is InChI=1S/C9H13N3O3/c13-7(11-6-1-2-6)3-4-12-8(14)5-10-9(12)15/h6H,1-5H2,(H,10,15)(H,11,13). The number of imide groups is 1. The van der Waals surface area contributed by atoms with E-state index < -0.39 is 6.03 Å². The summed E-state index contributed by atoms with van der Waals surface area (Å²) in [4.78, 5) is 34.6. The third-order valence-corrected chi connectivity index (χ3v) is 2.44. The van der Waals surface area contributed by atoms with Gasteiger partial charge >= 0.3 is 6.03 Å². The van der Waals surface area contributed by atoms with Crippen LogP contribution in [-0.2, 0) is 9.59 Å². The zero-order chi connectivity index (χ0) is 10.8. The SMILES string of the molecule is O=C(CCN1C(=O)CNC1=O)NC1CC1. The lowest BCUT2D eigenvalue weighted by Crippen LogP contribution is -2.35. The first-order chi connectivity index (χ1) is 7.16. The van der Waals surface area contributed by atoms with Crippen LogP contribution in [0.1, 0.15) is 19.3 Å². The molecule has 0 aromatic carbocycles. The molecule has 0 aromatic rings. The second-order valence-corrected chi connectivity index (χ2v) is 3.80. The van der Waals surface area contributed by atoms with Gasteiger partial charge in [-0.2, -0.15) is 0 Å². The van der Waals surface area contributed by atoms with E-state index in [0.717, 1.165) is 17.7 Å². The maximum atomic E-state index is 11.3. The van der Waals surface area contributed by atoms with Crippen molar-refractivity contribution in [3.8, 4) is 0 Å². The van der Waals surface area contributed by atoms with E-state index in [9.17, 15) is 14.4 Å². The van der Waals surface area contributed by atoms with Crippen LogP contribution >= 0.6 is 0 Å². The van der Waals surface area contributed by atoms with Crippen molar-refractivity contribution < 1.29 is 14.4 Å². The molecule has 0 unspecified atom stereocenters.